The Morgan fingerprint density at radius 3 is 1.22 bits per heavy atom. The van der Waals surface area contributed by atoms with E-state index >= 15 is 0 Å². The highest BCUT2D eigenvalue weighted by molar-refractivity contribution is 7.63. The second-order valence-electron chi connectivity index (χ2n) is 12.0. The van der Waals surface area contributed by atoms with E-state index < -0.39 is 15.2 Å². The Balaban J connectivity index is 4.09. The SMILES string of the molecule is CC(C)c1cccc(C(C)C)c1[Si](=P)[Si](C(C)(C)C)(C(C)(C)C)C(C)(C)C. The van der Waals surface area contributed by atoms with E-state index in [1.807, 2.05) is 0 Å². The zero-order valence-corrected chi connectivity index (χ0v) is 23.4. The molecule has 0 aliphatic rings. The lowest BCUT2D eigenvalue weighted by Crippen LogP contribution is -2.68. The Morgan fingerprint density at radius 2 is 1.00 bits per heavy atom. The third kappa shape index (κ3) is 4.28. The molecule has 0 amide bonds. The van der Waals surface area contributed by atoms with Crippen LogP contribution in [0.1, 0.15) is 113 Å². The predicted octanol–water partition coefficient (Wildman–Crippen LogP) is 8.20. The maximum atomic E-state index is 4.59. The third-order valence-corrected chi connectivity index (χ3v) is 28.8. The molecule has 0 bridgehead atoms. The molecular weight excluding hydrogens is 375 g/mol. The largest absolute Gasteiger partial charge is 0.151 e. The van der Waals surface area contributed by atoms with E-state index in [0.717, 1.165) is 0 Å². The van der Waals surface area contributed by atoms with Crippen molar-refractivity contribution >= 4 is 28.7 Å². The van der Waals surface area contributed by atoms with E-state index in [1.54, 1.807) is 16.3 Å². The molecule has 0 saturated carbocycles. The molecule has 0 heterocycles. The van der Waals surface area contributed by atoms with Crippen molar-refractivity contribution in [3.05, 3.63) is 29.3 Å². The molecule has 1 aromatic carbocycles. The fourth-order valence-electron chi connectivity index (χ4n) is 6.53. The van der Waals surface area contributed by atoms with Gasteiger partial charge in [-0.3, -0.25) is 0 Å². The first-order chi connectivity index (χ1) is 11.9. The van der Waals surface area contributed by atoms with Crippen molar-refractivity contribution in [3.63, 3.8) is 0 Å². The summed E-state index contributed by atoms with van der Waals surface area (Å²) in [6.45, 7) is 32.1. The molecule has 3 heteroatoms. The number of hydrogen-bond acceptors (Lipinski definition) is 0. The minimum Gasteiger partial charge on any atom is -0.151 e. The fourth-order valence-corrected chi connectivity index (χ4v) is 37.0. The molecule has 0 saturated heterocycles. The van der Waals surface area contributed by atoms with Crippen LogP contribution in [0.15, 0.2) is 18.2 Å². The van der Waals surface area contributed by atoms with Gasteiger partial charge in [-0.05, 0) is 43.3 Å². The van der Waals surface area contributed by atoms with Crippen molar-refractivity contribution in [3.8, 4) is 0 Å². The molecule has 0 unspecified atom stereocenters. The van der Waals surface area contributed by atoms with Gasteiger partial charge in [-0.25, -0.2) is 0 Å². The van der Waals surface area contributed by atoms with Crippen LogP contribution in [0.5, 0.6) is 0 Å². The number of rotatable bonds is 4. The van der Waals surface area contributed by atoms with Crippen molar-refractivity contribution in [2.45, 2.75) is 117 Å². The normalized spacial score (nSPS) is 14.2. The van der Waals surface area contributed by atoms with E-state index in [2.05, 4.69) is 117 Å². The van der Waals surface area contributed by atoms with Crippen LogP contribution in [-0.2, 0) is 0 Å². The fraction of sp³-hybridized carbons (Fsp3) is 0.750. The lowest BCUT2D eigenvalue weighted by atomic mass is 9.95. The van der Waals surface area contributed by atoms with Gasteiger partial charge in [0.2, 0.25) is 0 Å². The van der Waals surface area contributed by atoms with E-state index in [-0.39, 0.29) is 0 Å². The molecule has 0 aromatic heterocycles. The van der Waals surface area contributed by atoms with E-state index in [1.165, 1.54) is 0 Å². The summed E-state index contributed by atoms with van der Waals surface area (Å²) in [7, 11) is 1.76. The molecule has 0 nitrogen and oxygen atoms in total. The molecule has 154 valence electrons. The summed E-state index contributed by atoms with van der Waals surface area (Å²) in [4.78, 5) is 0. The Bertz CT molecular complexity index is 618. The summed E-state index contributed by atoms with van der Waals surface area (Å²) < 4.78 is 0. The van der Waals surface area contributed by atoms with Gasteiger partial charge < -0.3 is 0 Å². The number of benzene rings is 1. The quantitative estimate of drug-likeness (QED) is 0.340. The van der Waals surface area contributed by atoms with Crippen molar-refractivity contribution in [2.24, 2.45) is 0 Å². The van der Waals surface area contributed by atoms with E-state index in [4.69, 9.17) is 0 Å². The minimum absolute atomic E-state index is 0.303. The lowest BCUT2D eigenvalue weighted by molar-refractivity contribution is 0.555. The Morgan fingerprint density at radius 1 is 0.704 bits per heavy atom. The molecule has 0 N–H and O–H groups in total. The Labute approximate surface area is 175 Å². The zero-order valence-electron chi connectivity index (χ0n) is 20.4. The average Bonchev–Trinajstić information content (AvgIpc) is 2.41. The summed E-state index contributed by atoms with van der Waals surface area (Å²) in [5, 5.41) is 2.60. The molecule has 1 aromatic rings. The average molecular weight is 421 g/mol. The van der Waals surface area contributed by atoms with Crippen LogP contribution in [0.2, 0.25) is 15.1 Å². The van der Waals surface area contributed by atoms with E-state index in [0.29, 0.717) is 27.0 Å². The first kappa shape index (κ1) is 25.0. The molecule has 0 fully saturated rings. The molecule has 0 radical (unpaired) electrons. The predicted molar refractivity (Wildman–Crippen MR) is 133 cm³/mol. The Kier molecular flexibility index (Phi) is 7.40. The van der Waals surface area contributed by atoms with Crippen LogP contribution < -0.4 is 5.19 Å². The lowest BCUT2D eigenvalue weighted by Gasteiger charge is -2.60. The number of hydrogen-bond donors (Lipinski definition) is 0. The molecule has 0 aliphatic heterocycles. The van der Waals surface area contributed by atoms with Gasteiger partial charge in [-0.15, -0.1) is 0 Å². The smallest absolute Gasteiger partial charge is 0.0904 e. The molecular formula is C24H45PSi2. The van der Waals surface area contributed by atoms with Gasteiger partial charge >= 0.3 is 0 Å². The highest BCUT2D eigenvalue weighted by Gasteiger charge is 2.62. The van der Waals surface area contributed by atoms with Crippen LogP contribution in [0.4, 0.5) is 0 Å². The van der Waals surface area contributed by atoms with Gasteiger partial charge in [0.15, 0.2) is 0 Å². The molecule has 27 heavy (non-hydrogen) atoms. The maximum Gasteiger partial charge on any atom is 0.0904 e. The van der Waals surface area contributed by atoms with Crippen molar-refractivity contribution in [2.75, 3.05) is 0 Å². The van der Waals surface area contributed by atoms with Crippen molar-refractivity contribution in [1.82, 2.24) is 0 Å². The van der Waals surface area contributed by atoms with Gasteiger partial charge in [-0.2, -0.15) is 8.38 Å². The molecule has 0 aliphatic carbocycles. The van der Waals surface area contributed by atoms with Crippen molar-refractivity contribution in [1.29, 1.82) is 0 Å². The van der Waals surface area contributed by atoms with Crippen LogP contribution in [0.3, 0.4) is 0 Å². The van der Waals surface area contributed by atoms with Gasteiger partial charge in [0.25, 0.3) is 0 Å². The summed E-state index contributed by atoms with van der Waals surface area (Å²) >= 11 is 0. The van der Waals surface area contributed by atoms with Gasteiger partial charge in [-0.1, -0.05) is 108 Å². The maximum absolute atomic E-state index is 4.59. The van der Waals surface area contributed by atoms with Crippen LogP contribution in [0.25, 0.3) is 0 Å². The third-order valence-electron chi connectivity index (χ3n) is 6.37. The topological polar surface area (TPSA) is 0 Å². The zero-order chi connectivity index (χ0) is 21.6. The monoisotopic (exact) mass is 420 g/mol. The highest BCUT2D eigenvalue weighted by Crippen LogP contribution is 2.62. The standard InChI is InChI=1S/C24H45PSi2/c1-17(2)19-15-14-16-20(18(3)4)21(19)26(25)27(22(5,6)7,23(8,9)10)24(11,12)13/h14-18,25H,1-13H3. The van der Waals surface area contributed by atoms with Crippen LogP contribution in [0, 0.1) is 0 Å². The molecule has 0 atom stereocenters. The molecule has 0 spiro atoms. The highest BCUT2D eigenvalue weighted by atomic mass is 31.2. The summed E-state index contributed by atoms with van der Waals surface area (Å²) in [6, 6.07) is 7.07. The van der Waals surface area contributed by atoms with Crippen LogP contribution >= 0.6 is 8.38 Å². The van der Waals surface area contributed by atoms with Crippen molar-refractivity contribution < 1.29 is 0 Å². The first-order valence-corrected chi connectivity index (χ1v) is 16.6. The van der Waals surface area contributed by atoms with Gasteiger partial charge in [0.05, 0.1) is 15.2 Å². The Hall–Kier alpha value is -0.0462. The molecule has 1 rings (SSSR count). The first-order valence-electron chi connectivity index (χ1n) is 10.6. The van der Waals surface area contributed by atoms with Gasteiger partial charge in [0.1, 0.15) is 0 Å². The second-order valence-corrected chi connectivity index (χ2v) is 26.0. The second kappa shape index (κ2) is 8.00. The summed E-state index contributed by atoms with van der Waals surface area (Å²) in [5.74, 6) is 1.11. The van der Waals surface area contributed by atoms with E-state index in [9.17, 15) is 0 Å². The van der Waals surface area contributed by atoms with Crippen LogP contribution in [-0.4, -0.2) is 15.2 Å². The summed E-state index contributed by atoms with van der Waals surface area (Å²) in [5.41, 5.74) is 3.14. The van der Waals surface area contributed by atoms with Gasteiger partial charge in [0, 0.05) is 0 Å². The summed E-state index contributed by atoms with van der Waals surface area (Å²) in [6.07, 6.45) is 0. The minimum atomic E-state index is -1.88.